The predicted molar refractivity (Wildman–Crippen MR) is 72.6 cm³/mol. The second-order valence-electron chi connectivity index (χ2n) is 4.09. The van der Waals surface area contributed by atoms with E-state index in [-0.39, 0.29) is 5.91 Å². The first kappa shape index (κ1) is 14.5. The minimum Gasteiger partial charge on any atom is -0.494 e. The molecule has 0 radical (unpaired) electrons. The second kappa shape index (κ2) is 8.53. The third-order valence-corrected chi connectivity index (χ3v) is 2.44. The lowest BCUT2D eigenvalue weighted by atomic mass is 10.2. The lowest BCUT2D eigenvalue weighted by molar-refractivity contribution is -0.118. The zero-order chi connectivity index (χ0) is 13.2. The van der Waals surface area contributed by atoms with Crippen LogP contribution >= 0.6 is 0 Å². The number of nitrogens with one attached hydrogen (secondary N) is 2. The third-order valence-electron chi connectivity index (χ3n) is 2.44. The van der Waals surface area contributed by atoms with Crippen LogP contribution in [0.25, 0.3) is 0 Å². The number of rotatable bonds is 8. The summed E-state index contributed by atoms with van der Waals surface area (Å²) in [5.74, 6) is 0.939. The molecule has 0 aromatic heterocycles. The molecule has 1 aromatic carbocycles. The van der Waals surface area contributed by atoms with Gasteiger partial charge in [0.05, 0.1) is 6.61 Å². The van der Waals surface area contributed by atoms with Crippen LogP contribution in [0.5, 0.6) is 5.75 Å². The second-order valence-corrected chi connectivity index (χ2v) is 4.09. The van der Waals surface area contributed by atoms with Crippen LogP contribution in [0.4, 0.5) is 0 Å². The smallest absolute Gasteiger partial charge is 0.216 e. The van der Waals surface area contributed by atoms with Gasteiger partial charge in [0.15, 0.2) is 0 Å². The summed E-state index contributed by atoms with van der Waals surface area (Å²) >= 11 is 0. The van der Waals surface area contributed by atoms with Gasteiger partial charge < -0.3 is 15.4 Å². The minimum atomic E-state index is 0.0272. The fourth-order valence-corrected chi connectivity index (χ4v) is 1.62. The zero-order valence-corrected chi connectivity index (χ0v) is 11.2. The van der Waals surface area contributed by atoms with E-state index in [1.807, 2.05) is 25.1 Å². The Balaban J connectivity index is 2.18. The van der Waals surface area contributed by atoms with Crippen molar-refractivity contribution in [2.45, 2.75) is 26.8 Å². The Hall–Kier alpha value is -1.55. The maximum Gasteiger partial charge on any atom is 0.216 e. The molecule has 0 saturated heterocycles. The molecule has 4 heteroatoms. The van der Waals surface area contributed by atoms with E-state index in [1.54, 1.807) is 0 Å². The van der Waals surface area contributed by atoms with Crippen LogP contribution in [0.15, 0.2) is 24.3 Å². The van der Waals surface area contributed by atoms with E-state index in [4.69, 9.17) is 4.74 Å². The average Bonchev–Trinajstić information content (AvgIpc) is 2.34. The van der Waals surface area contributed by atoms with Crippen molar-refractivity contribution in [3.8, 4) is 5.75 Å². The Morgan fingerprint density at radius 1 is 1.33 bits per heavy atom. The van der Waals surface area contributed by atoms with Crippen molar-refractivity contribution in [2.75, 3.05) is 19.7 Å². The van der Waals surface area contributed by atoms with Crippen LogP contribution in [0.3, 0.4) is 0 Å². The van der Waals surface area contributed by atoms with Crippen LogP contribution in [0.1, 0.15) is 25.8 Å². The highest BCUT2D eigenvalue weighted by Gasteiger charge is 1.96. The number of hydrogen-bond donors (Lipinski definition) is 2. The summed E-state index contributed by atoms with van der Waals surface area (Å²) in [4.78, 5) is 10.7. The zero-order valence-electron chi connectivity index (χ0n) is 11.2. The van der Waals surface area contributed by atoms with Crippen molar-refractivity contribution in [1.82, 2.24) is 10.6 Å². The third kappa shape index (κ3) is 6.25. The number of carbonyl (C=O) groups excluding carboxylic acids is 1. The summed E-state index contributed by atoms with van der Waals surface area (Å²) in [5.41, 5.74) is 1.21. The van der Waals surface area contributed by atoms with Gasteiger partial charge in [0, 0.05) is 20.0 Å². The van der Waals surface area contributed by atoms with Crippen LogP contribution in [0, 0.1) is 0 Å². The summed E-state index contributed by atoms with van der Waals surface area (Å²) in [6.45, 7) is 6.63. The first-order valence-corrected chi connectivity index (χ1v) is 6.39. The van der Waals surface area contributed by atoms with Gasteiger partial charge in [0.25, 0.3) is 0 Å². The topological polar surface area (TPSA) is 50.4 Å². The Bertz CT molecular complexity index is 367. The molecule has 0 fully saturated rings. The molecule has 0 heterocycles. The van der Waals surface area contributed by atoms with E-state index in [1.165, 1.54) is 12.5 Å². The first-order valence-electron chi connectivity index (χ1n) is 6.39. The fourth-order valence-electron chi connectivity index (χ4n) is 1.62. The van der Waals surface area contributed by atoms with Gasteiger partial charge >= 0.3 is 0 Å². The number of ether oxygens (including phenoxy) is 1. The Kier molecular flexibility index (Phi) is 6.87. The number of amides is 1. The summed E-state index contributed by atoms with van der Waals surface area (Å²) in [7, 11) is 0. The number of carbonyl (C=O) groups is 1. The van der Waals surface area contributed by atoms with Gasteiger partial charge in [-0.1, -0.05) is 12.1 Å². The molecule has 18 heavy (non-hydrogen) atoms. The quantitative estimate of drug-likeness (QED) is 0.690. The molecule has 2 N–H and O–H groups in total. The van der Waals surface area contributed by atoms with Gasteiger partial charge in [0.1, 0.15) is 5.75 Å². The molecule has 1 amide bonds. The van der Waals surface area contributed by atoms with Gasteiger partial charge in [-0.3, -0.25) is 4.79 Å². The van der Waals surface area contributed by atoms with E-state index in [0.29, 0.717) is 6.61 Å². The van der Waals surface area contributed by atoms with Gasteiger partial charge in [-0.15, -0.1) is 0 Å². The molecule has 0 aliphatic carbocycles. The lowest BCUT2D eigenvalue weighted by Crippen LogP contribution is -2.24. The molecule has 0 atom stereocenters. The normalized spacial score (nSPS) is 10.1. The number of hydrogen-bond acceptors (Lipinski definition) is 3. The SMILES string of the molecule is CCOc1cccc(CNCCCNC(C)=O)c1. The van der Waals surface area contributed by atoms with Gasteiger partial charge in [-0.2, -0.15) is 0 Å². The molecule has 4 nitrogen and oxygen atoms in total. The highest BCUT2D eigenvalue weighted by molar-refractivity contribution is 5.72. The van der Waals surface area contributed by atoms with Crippen molar-refractivity contribution < 1.29 is 9.53 Å². The van der Waals surface area contributed by atoms with Crippen molar-refractivity contribution in [3.63, 3.8) is 0 Å². The first-order chi connectivity index (χ1) is 8.72. The standard InChI is InChI=1S/C14H22N2O2/c1-3-18-14-7-4-6-13(10-14)11-15-8-5-9-16-12(2)17/h4,6-7,10,15H,3,5,8-9,11H2,1-2H3,(H,16,17). The number of benzene rings is 1. The van der Waals surface area contributed by atoms with Gasteiger partial charge in [-0.25, -0.2) is 0 Å². The highest BCUT2D eigenvalue weighted by atomic mass is 16.5. The van der Waals surface area contributed by atoms with Gasteiger partial charge in [0.2, 0.25) is 5.91 Å². The molecular formula is C14H22N2O2. The Morgan fingerprint density at radius 3 is 2.89 bits per heavy atom. The van der Waals surface area contributed by atoms with Crippen molar-refractivity contribution in [1.29, 1.82) is 0 Å². The van der Waals surface area contributed by atoms with Crippen molar-refractivity contribution >= 4 is 5.91 Å². The molecule has 0 unspecified atom stereocenters. The molecule has 100 valence electrons. The van der Waals surface area contributed by atoms with Crippen LogP contribution in [-0.2, 0) is 11.3 Å². The molecule has 1 aromatic rings. The molecule has 0 aliphatic heterocycles. The van der Waals surface area contributed by atoms with Crippen LogP contribution in [0.2, 0.25) is 0 Å². The molecule has 0 aliphatic rings. The van der Waals surface area contributed by atoms with E-state index in [9.17, 15) is 4.79 Å². The van der Waals surface area contributed by atoms with E-state index >= 15 is 0 Å². The molecular weight excluding hydrogens is 228 g/mol. The maximum atomic E-state index is 10.7. The predicted octanol–water partition coefficient (Wildman–Crippen LogP) is 1.70. The largest absolute Gasteiger partial charge is 0.494 e. The van der Waals surface area contributed by atoms with Crippen LogP contribution in [-0.4, -0.2) is 25.6 Å². The fraction of sp³-hybridized carbons (Fsp3) is 0.500. The van der Waals surface area contributed by atoms with Crippen molar-refractivity contribution in [3.05, 3.63) is 29.8 Å². The monoisotopic (exact) mass is 250 g/mol. The van der Waals surface area contributed by atoms with Crippen LogP contribution < -0.4 is 15.4 Å². The Labute approximate surface area is 109 Å². The average molecular weight is 250 g/mol. The van der Waals surface area contributed by atoms with Crippen molar-refractivity contribution in [2.24, 2.45) is 0 Å². The molecule has 0 spiro atoms. The summed E-state index contributed by atoms with van der Waals surface area (Å²) in [6, 6.07) is 8.08. The summed E-state index contributed by atoms with van der Waals surface area (Å²) in [5, 5.41) is 6.11. The van der Waals surface area contributed by atoms with E-state index in [0.717, 1.165) is 31.8 Å². The molecule has 1 rings (SSSR count). The summed E-state index contributed by atoms with van der Waals surface area (Å²) in [6.07, 6.45) is 0.935. The summed E-state index contributed by atoms with van der Waals surface area (Å²) < 4.78 is 5.44. The van der Waals surface area contributed by atoms with E-state index < -0.39 is 0 Å². The lowest BCUT2D eigenvalue weighted by Gasteiger charge is -2.07. The molecule has 0 bridgehead atoms. The van der Waals surface area contributed by atoms with E-state index in [2.05, 4.69) is 16.7 Å². The molecule has 0 saturated carbocycles. The maximum absolute atomic E-state index is 10.7. The minimum absolute atomic E-state index is 0.0272. The highest BCUT2D eigenvalue weighted by Crippen LogP contribution is 2.12. The van der Waals surface area contributed by atoms with Gasteiger partial charge in [-0.05, 0) is 37.6 Å². The Morgan fingerprint density at radius 2 is 2.17 bits per heavy atom.